The fourth-order valence-corrected chi connectivity index (χ4v) is 2.75. The molecule has 1 saturated heterocycles. The van der Waals surface area contributed by atoms with Crippen molar-refractivity contribution in [2.24, 2.45) is 0 Å². The van der Waals surface area contributed by atoms with Crippen LogP contribution in [0.2, 0.25) is 0 Å². The molecule has 0 bridgehead atoms. The molecule has 6 nitrogen and oxygen atoms in total. The van der Waals surface area contributed by atoms with Crippen LogP contribution in [-0.4, -0.2) is 28.8 Å². The van der Waals surface area contributed by atoms with Gasteiger partial charge in [-0.2, -0.15) is 0 Å². The van der Waals surface area contributed by atoms with E-state index in [0.29, 0.717) is 11.1 Å². The molecule has 0 amide bonds. The summed E-state index contributed by atoms with van der Waals surface area (Å²) in [6.45, 7) is 2.99. The van der Waals surface area contributed by atoms with E-state index in [0.717, 1.165) is 11.1 Å². The molecule has 1 aliphatic heterocycles. The number of carboxylic acids is 1. The number of benzene rings is 2. The fraction of sp³-hybridized carbons (Fsp3) is 0.190. The van der Waals surface area contributed by atoms with Gasteiger partial charge in [-0.05, 0) is 28.3 Å². The van der Waals surface area contributed by atoms with Gasteiger partial charge in [-0.25, -0.2) is 9.59 Å². The molecule has 3 rings (SSSR count). The number of rotatable bonds is 4. The molecule has 0 atom stereocenters. The summed E-state index contributed by atoms with van der Waals surface area (Å²) in [6.07, 6.45) is 1.38. The summed E-state index contributed by atoms with van der Waals surface area (Å²) in [5, 5.41) is 8.91. The average Bonchev–Trinajstić information content (AvgIpc) is 2.57. The van der Waals surface area contributed by atoms with Crippen LogP contribution in [0.1, 0.15) is 25.0 Å². The van der Waals surface area contributed by atoms with Crippen molar-refractivity contribution in [3.63, 3.8) is 0 Å². The zero-order chi connectivity index (χ0) is 19.6. The molecule has 0 aromatic heterocycles. The number of hydrogen-bond donors (Lipinski definition) is 1. The van der Waals surface area contributed by atoms with Crippen molar-refractivity contribution in [2.45, 2.75) is 26.1 Å². The second kappa shape index (κ2) is 7.07. The Balaban J connectivity index is 1.83. The zero-order valence-electron chi connectivity index (χ0n) is 14.9. The Bertz CT molecular complexity index is 915. The standard InChI is InChI=1S/C21H18O6/c1-21(2)26-19(24)17(20(25)27-21)11-13-6-8-15(9-7-13)16-5-3-4-14(10-16)12-18(22)23/h3-11H,12H2,1-2H3,(H,22,23). The monoisotopic (exact) mass is 366 g/mol. The number of ether oxygens (including phenoxy) is 2. The lowest BCUT2D eigenvalue weighted by molar-refractivity contribution is -0.222. The van der Waals surface area contributed by atoms with Crippen LogP contribution in [0, 0.1) is 0 Å². The molecular weight excluding hydrogens is 348 g/mol. The molecule has 0 spiro atoms. The van der Waals surface area contributed by atoms with Crippen molar-refractivity contribution < 1.29 is 29.0 Å². The lowest BCUT2D eigenvalue weighted by Crippen LogP contribution is -2.41. The molecule has 2 aromatic rings. The molecule has 0 radical (unpaired) electrons. The number of carbonyl (C=O) groups excluding carboxylic acids is 2. The second-order valence-electron chi connectivity index (χ2n) is 6.63. The third-order valence-electron chi connectivity index (χ3n) is 3.95. The quantitative estimate of drug-likeness (QED) is 0.508. The molecule has 138 valence electrons. The number of carbonyl (C=O) groups is 3. The first-order chi connectivity index (χ1) is 12.7. The van der Waals surface area contributed by atoms with E-state index in [9.17, 15) is 14.4 Å². The van der Waals surface area contributed by atoms with E-state index in [4.69, 9.17) is 14.6 Å². The minimum absolute atomic E-state index is 0.0431. The Morgan fingerprint density at radius 1 is 1.00 bits per heavy atom. The van der Waals surface area contributed by atoms with E-state index in [1.54, 1.807) is 24.3 Å². The van der Waals surface area contributed by atoms with E-state index < -0.39 is 23.7 Å². The van der Waals surface area contributed by atoms with Crippen molar-refractivity contribution >= 4 is 24.0 Å². The van der Waals surface area contributed by atoms with Crippen LogP contribution in [-0.2, 0) is 30.3 Å². The Hall–Kier alpha value is -3.41. The predicted molar refractivity (Wildman–Crippen MR) is 97.5 cm³/mol. The summed E-state index contributed by atoms with van der Waals surface area (Å²) < 4.78 is 10.1. The number of carboxylic acid groups (broad SMARTS) is 1. The van der Waals surface area contributed by atoms with Gasteiger partial charge in [-0.3, -0.25) is 4.79 Å². The van der Waals surface area contributed by atoms with Gasteiger partial charge in [0.15, 0.2) is 0 Å². The Kier molecular flexibility index (Phi) is 4.81. The second-order valence-corrected chi connectivity index (χ2v) is 6.63. The Labute approximate surface area is 156 Å². The molecule has 1 heterocycles. The predicted octanol–water partition coefficient (Wildman–Crippen LogP) is 3.20. The Morgan fingerprint density at radius 3 is 2.22 bits per heavy atom. The van der Waals surface area contributed by atoms with E-state index >= 15 is 0 Å². The fourth-order valence-electron chi connectivity index (χ4n) is 2.75. The van der Waals surface area contributed by atoms with Crippen LogP contribution < -0.4 is 0 Å². The first-order valence-electron chi connectivity index (χ1n) is 8.33. The number of esters is 2. The number of cyclic esters (lactones) is 2. The van der Waals surface area contributed by atoms with E-state index in [1.807, 2.05) is 24.3 Å². The van der Waals surface area contributed by atoms with Crippen LogP contribution in [0.5, 0.6) is 0 Å². The van der Waals surface area contributed by atoms with Gasteiger partial charge in [-0.1, -0.05) is 48.5 Å². The molecule has 1 N–H and O–H groups in total. The molecule has 6 heteroatoms. The van der Waals surface area contributed by atoms with Crippen molar-refractivity contribution in [3.05, 3.63) is 65.2 Å². The summed E-state index contributed by atoms with van der Waals surface area (Å²) >= 11 is 0. The smallest absolute Gasteiger partial charge is 0.348 e. The highest BCUT2D eigenvalue weighted by Gasteiger charge is 2.38. The van der Waals surface area contributed by atoms with Crippen LogP contribution in [0.4, 0.5) is 0 Å². The summed E-state index contributed by atoms with van der Waals surface area (Å²) in [5.74, 6) is -3.59. The molecule has 0 saturated carbocycles. The van der Waals surface area contributed by atoms with Gasteiger partial charge in [0, 0.05) is 13.8 Å². The summed E-state index contributed by atoms with van der Waals surface area (Å²) in [4.78, 5) is 34.9. The van der Waals surface area contributed by atoms with Gasteiger partial charge in [0.2, 0.25) is 0 Å². The number of hydrogen-bond acceptors (Lipinski definition) is 5. The van der Waals surface area contributed by atoms with Gasteiger partial charge in [-0.15, -0.1) is 0 Å². The number of aliphatic carboxylic acids is 1. The Morgan fingerprint density at radius 2 is 1.63 bits per heavy atom. The van der Waals surface area contributed by atoms with Gasteiger partial charge < -0.3 is 14.6 Å². The molecule has 27 heavy (non-hydrogen) atoms. The molecule has 0 unspecified atom stereocenters. The minimum atomic E-state index is -1.27. The summed E-state index contributed by atoms with van der Waals surface area (Å²) in [7, 11) is 0. The highest BCUT2D eigenvalue weighted by atomic mass is 16.7. The third kappa shape index (κ3) is 4.41. The molecule has 0 aliphatic carbocycles. The maximum atomic E-state index is 12.0. The van der Waals surface area contributed by atoms with Gasteiger partial charge in [0.1, 0.15) is 5.57 Å². The maximum absolute atomic E-state index is 12.0. The average molecular weight is 366 g/mol. The molecule has 1 aliphatic rings. The summed E-state index contributed by atoms with van der Waals surface area (Å²) in [6, 6.07) is 14.4. The lowest BCUT2D eigenvalue weighted by Gasteiger charge is -2.29. The minimum Gasteiger partial charge on any atom is -0.481 e. The molecule has 1 fully saturated rings. The van der Waals surface area contributed by atoms with Crippen molar-refractivity contribution in [1.29, 1.82) is 0 Å². The van der Waals surface area contributed by atoms with Crippen molar-refractivity contribution in [1.82, 2.24) is 0 Å². The van der Waals surface area contributed by atoms with E-state index in [-0.39, 0.29) is 12.0 Å². The SMILES string of the molecule is CC1(C)OC(=O)C(=Cc2ccc(-c3cccc(CC(=O)O)c3)cc2)C(=O)O1. The first-order valence-corrected chi connectivity index (χ1v) is 8.33. The highest BCUT2D eigenvalue weighted by molar-refractivity contribution is 6.18. The first kappa shape index (κ1) is 18.4. The van der Waals surface area contributed by atoms with Crippen LogP contribution in [0.3, 0.4) is 0 Å². The third-order valence-corrected chi connectivity index (χ3v) is 3.95. The molecular formula is C21H18O6. The van der Waals surface area contributed by atoms with Gasteiger partial charge in [0.05, 0.1) is 6.42 Å². The highest BCUT2D eigenvalue weighted by Crippen LogP contribution is 2.26. The largest absolute Gasteiger partial charge is 0.481 e. The topological polar surface area (TPSA) is 89.9 Å². The summed E-state index contributed by atoms with van der Waals surface area (Å²) in [5.41, 5.74) is 2.96. The van der Waals surface area contributed by atoms with E-state index in [2.05, 4.69) is 0 Å². The van der Waals surface area contributed by atoms with Gasteiger partial charge in [0.25, 0.3) is 5.79 Å². The lowest BCUT2D eigenvalue weighted by atomic mass is 10.00. The van der Waals surface area contributed by atoms with E-state index in [1.165, 1.54) is 19.9 Å². The van der Waals surface area contributed by atoms with Crippen molar-refractivity contribution in [2.75, 3.05) is 0 Å². The zero-order valence-corrected chi connectivity index (χ0v) is 14.9. The van der Waals surface area contributed by atoms with Crippen LogP contribution in [0.15, 0.2) is 54.1 Å². The molecule has 2 aromatic carbocycles. The van der Waals surface area contributed by atoms with Crippen LogP contribution >= 0.6 is 0 Å². The van der Waals surface area contributed by atoms with Crippen LogP contribution in [0.25, 0.3) is 17.2 Å². The van der Waals surface area contributed by atoms with Crippen molar-refractivity contribution in [3.8, 4) is 11.1 Å². The normalized spacial score (nSPS) is 15.7. The van der Waals surface area contributed by atoms with Gasteiger partial charge >= 0.3 is 17.9 Å². The maximum Gasteiger partial charge on any atom is 0.348 e.